The van der Waals surface area contributed by atoms with Crippen molar-refractivity contribution in [2.75, 3.05) is 0 Å². The minimum Gasteiger partial charge on any atom is -0.0801 e. The molecule has 2 aliphatic carbocycles. The molecule has 0 nitrogen and oxygen atoms in total. The molecule has 0 heteroatoms. The zero-order valence-corrected chi connectivity index (χ0v) is 10.6. The van der Waals surface area contributed by atoms with Gasteiger partial charge in [0.05, 0.1) is 0 Å². The first-order valence-corrected chi connectivity index (χ1v) is 6.20. The van der Waals surface area contributed by atoms with Crippen molar-refractivity contribution in [1.29, 1.82) is 0 Å². The van der Waals surface area contributed by atoms with Gasteiger partial charge in [-0.05, 0) is 30.4 Å². The molecular weight excluding hydrogens is 180 g/mol. The fourth-order valence-electron chi connectivity index (χ4n) is 1.51. The molecule has 0 radical (unpaired) electrons. The van der Waals surface area contributed by atoms with Gasteiger partial charge in [0.1, 0.15) is 0 Å². The highest BCUT2D eigenvalue weighted by atomic mass is 14.1. The lowest BCUT2D eigenvalue weighted by Gasteiger charge is -2.07. The second-order valence-electron chi connectivity index (χ2n) is 2.94. The molecule has 0 atom stereocenters. The molecule has 0 N–H and O–H groups in total. The molecule has 0 aromatic rings. The van der Waals surface area contributed by atoms with E-state index in [1.807, 2.05) is 27.7 Å². The Morgan fingerprint density at radius 1 is 0.733 bits per heavy atom. The van der Waals surface area contributed by atoms with E-state index in [0.717, 1.165) is 6.42 Å². The van der Waals surface area contributed by atoms with Crippen LogP contribution in [0.4, 0.5) is 0 Å². The summed E-state index contributed by atoms with van der Waals surface area (Å²) < 4.78 is 0. The Morgan fingerprint density at radius 3 is 1.53 bits per heavy atom. The van der Waals surface area contributed by atoms with E-state index in [1.165, 1.54) is 24.0 Å². The van der Waals surface area contributed by atoms with E-state index in [1.54, 1.807) is 0 Å². The number of fused-ring (bicyclic) bond motifs is 1. The molecule has 0 saturated heterocycles. The van der Waals surface area contributed by atoms with Crippen molar-refractivity contribution in [2.24, 2.45) is 0 Å². The second-order valence-corrected chi connectivity index (χ2v) is 2.94. The van der Waals surface area contributed by atoms with Crippen LogP contribution < -0.4 is 0 Å². The largest absolute Gasteiger partial charge is 0.0801 e. The lowest BCUT2D eigenvalue weighted by Crippen LogP contribution is -1.88. The fraction of sp³-hybridized carbons (Fsp3) is 0.467. The average Bonchev–Trinajstić information content (AvgIpc) is 2.59. The standard InChI is InChI=1S/C11H12.2C2H6/c1-2-6-10-8-4-5-9-11(10)7-3-1;2*1-2/h2-3,6-9H,1,4-5H2;2*1-2H3. The van der Waals surface area contributed by atoms with E-state index in [-0.39, 0.29) is 0 Å². The molecule has 0 fully saturated rings. The molecule has 0 aromatic carbocycles. The van der Waals surface area contributed by atoms with Crippen LogP contribution in [0.1, 0.15) is 47.0 Å². The summed E-state index contributed by atoms with van der Waals surface area (Å²) >= 11 is 0. The molecular formula is C15H24. The van der Waals surface area contributed by atoms with Crippen LogP contribution >= 0.6 is 0 Å². The third-order valence-corrected chi connectivity index (χ3v) is 2.10. The topological polar surface area (TPSA) is 0 Å². The molecule has 0 unspecified atom stereocenters. The third kappa shape index (κ3) is 4.83. The lowest BCUT2D eigenvalue weighted by atomic mass is 9.98. The van der Waals surface area contributed by atoms with Crippen LogP contribution in [0.2, 0.25) is 0 Å². The highest BCUT2D eigenvalue weighted by molar-refractivity contribution is 5.49. The van der Waals surface area contributed by atoms with E-state index in [4.69, 9.17) is 0 Å². The molecule has 0 aromatic heterocycles. The summed E-state index contributed by atoms with van der Waals surface area (Å²) in [5.74, 6) is 0. The third-order valence-electron chi connectivity index (χ3n) is 2.10. The van der Waals surface area contributed by atoms with Crippen molar-refractivity contribution < 1.29 is 0 Å². The molecule has 2 aliphatic rings. The van der Waals surface area contributed by atoms with Crippen LogP contribution in [0, 0.1) is 0 Å². The average molecular weight is 204 g/mol. The first-order chi connectivity index (χ1) is 7.47. The van der Waals surface area contributed by atoms with Crippen molar-refractivity contribution in [3.8, 4) is 0 Å². The molecule has 15 heavy (non-hydrogen) atoms. The summed E-state index contributed by atoms with van der Waals surface area (Å²) in [4.78, 5) is 0. The molecule has 2 rings (SSSR count). The first kappa shape index (κ1) is 14.0. The summed E-state index contributed by atoms with van der Waals surface area (Å²) in [5, 5.41) is 0. The minimum atomic E-state index is 1.08. The highest BCUT2D eigenvalue weighted by Crippen LogP contribution is 2.23. The van der Waals surface area contributed by atoms with Crippen LogP contribution in [-0.4, -0.2) is 0 Å². The van der Waals surface area contributed by atoms with Gasteiger partial charge in [0.25, 0.3) is 0 Å². The van der Waals surface area contributed by atoms with Crippen LogP contribution in [0.15, 0.2) is 47.6 Å². The van der Waals surface area contributed by atoms with Crippen molar-refractivity contribution in [3.05, 3.63) is 47.6 Å². The van der Waals surface area contributed by atoms with Crippen molar-refractivity contribution in [1.82, 2.24) is 0 Å². The van der Waals surface area contributed by atoms with Gasteiger partial charge in [-0.25, -0.2) is 0 Å². The van der Waals surface area contributed by atoms with Gasteiger partial charge in [0.15, 0.2) is 0 Å². The Hall–Kier alpha value is -1.04. The highest BCUT2D eigenvalue weighted by Gasteiger charge is 2.03. The number of hydrogen-bond acceptors (Lipinski definition) is 0. The maximum atomic E-state index is 2.32. The van der Waals surface area contributed by atoms with Gasteiger partial charge in [0.2, 0.25) is 0 Å². The summed E-state index contributed by atoms with van der Waals surface area (Å²) in [6.45, 7) is 8.00. The Balaban J connectivity index is 0.000000442. The van der Waals surface area contributed by atoms with Crippen LogP contribution in [-0.2, 0) is 0 Å². The molecule has 0 aliphatic heterocycles. The quantitative estimate of drug-likeness (QED) is 0.508. The van der Waals surface area contributed by atoms with E-state index in [2.05, 4.69) is 36.5 Å². The minimum absolute atomic E-state index is 1.08. The van der Waals surface area contributed by atoms with E-state index < -0.39 is 0 Å². The van der Waals surface area contributed by atoms with Gasteiger partial charge in [-0.15, -0.1) is 0 Å². The van der Waals surface area contributed by atoms with Gasteiger partial charge in [-0.2, -0.15) is 0 Å². The molecule has 84 valence electrons. The summed E-state index contributed by atoms with van der Waals surface area (Å²) in [7, 11) is 0. The Kier molecular flexibility index (Phi) is 8.85. The zero-order chi connectivity index (χ0) is 11.5. The van der Waals surface area contributed by atoms with Crippen molar-refractivity contribution in [3.63, 3.8) is 0 Å². The smallest absolute Gasteiger partial charge is 0.0162 e. The monoisotopic (exact) mass is 204 g/mol. The molecule has 0 heterocycles. The van der Waals surface area contributed by atoms with E-state index >= 15 is 0 Å². The van der Waals surface area contributed by atoms with Gasteiger partial charge < -0.3 is 0 Å². The molecule has 0 amide bonds. The summed E-state index contributed by atoms with van der Waals surface area (Å²) in [6.07, 6.45) is 17.0. The Morgan fingerprint density at radius 2 is 1.13 bits per heavy atom. The molecule has 0 bridgehead atoms. The van der Waals surface area contributed by atoms with Crippen LogP contribution in [0.25, 0.3) is 0 Å². The summed E-state index contributed by atoms with van der Waals surface area (Å²) in [5.41, 5.74) is 2.81. The van der Waals surface area contributed by atoms with Gasteiger partial charge in [-0.1, -0.05) is 64.2 Å². The predicted octanol–water partition coefficient (Wildman–Crippen LogP) is 5.20. The van der Waals surface area contributed by atoms with E-state index in [9.17, 15) is 0 Å². The Bertz CT molecular complexity index is 234. The van der Waals surface area contributed by atoms with Crippen LogP contribution in [0.3, 0.4) is 0 Å². The maximum absolute atomic E-state index is 2.32. The fourth-order valence-corrected chi connectivity index (χ4v) is 1.51. The SMILES string of the molecule is C1=CC2=CCCC=C2C=CC1.CC.CC. The summed E-state index contributed by atoms with van der Waals surface area (Å²) in [6, 6.07) is 0. The van der Waals surface area contributed by atoms with E-state index in [0.29, 0.717) is 0 Å². The zero-order valence-electron chi connectivity index (χ0n) is 10.6. The second kappa shape index (κ2) is 9.51. The number of allylic oxidation sites excluding steroid dienone is 8. The van der Waals surface area contributed by atoms with Crippen LogP contribution in [0.5, 0.6) is 0 Å². The van der Waals surface area contributed by atoms with Gasteiger partial charge in [0, 0.05) is 0 Å². The van der Waals surface area contributed by atoms with Gasteiger partial charge >= 0.3 is 0 Å². The number of rotatable bonds is 0. The predicted molar refractivity (Wildman–Crippen MR) is 71.0 cm³/mol. The van der Waals surface area contributed by atoms with Gasteiger partial charge in [-0.3, -0.25) is 0 Å². The number of hydrogen-bond donors (Lipinski definition) is 0. The Labute approximate surface area is 95.1 Å². The normalized spacial score (nSPS) is 16.8. The molecule has 0 spiro atoms. The van der Waals surface area contributed by atoms with Crippen molar-refractivity contribution in [2.45, 2.75) is 47.0 Å². The van der Waals surface area contributed by atoms with Crippen molar-refractivity contribution >= 4 is 0 Å². The first-order valence-electron chi connectivity index (χ1n) is 6.20. The molecule has 0 saturated carbocycles. The lowest BCUT2D eigenvalue weighted by molar-refractivity contribution is 1.01. The maximum Gasteiger partial charge on any atom is -0.0162 e.